The van der Waals surface area contributed by atoms with Crippen LogP contribution in [-0.4, -0.2) is 44.0 Å². The smallest absolute Gasteiger partial charge is 0.251 e. The van der Waals surface area contributed by atoms with E-state index >= 15 is 0 Å². The Morgan fingerprint density at radius 3 is 2.50 bits per heavy atom. The van der Waals surface area contributed by atoms with Gasteiger partial charge < -0.3 is 10.2 Å². The molecule has 1 aliphatic heterocycles. The first-order valence-electron chi connectivity index (χ1n) is 8.46. The normalized spacial score (nSPS) is 17.7. The van der Waals surface area contributed by atoms with Gasteiger partial charge in [-0.1, -0.05) is 30.3 Å². The fourth-order valence-corrected chi connectivity index (χ4v) is 3.12. The molecule has 1 amide bonds. The highest BCUT2D eigenvalue weighted by Crippen LogP contribution is 2.15. The number of carbonyl (C=O) groups is 1. The highest BCUT2D eigenvalue weighted by atomic mass is 16.1. The van der Waals surface area contributed by atoms with E-state index in [1.165, 1.54) is 5.56 Å². The van der Waals surface area contributed by atoms with E-state index in [-0.39, 0.29) is 11.9 Å². The molecule has 2 aromatic carbocycles. The number of carbonyl (C=O) groups excluding carboxylic acids is 1. The maximum Gasteiger partial charge on any atom is 0.251 e. The average molecular weight is 323 g/mol. The molecule has 2 aromatic rings. The van der Waals surface area contributed by atoms with Gasteiger partial charge in [0.25, 0.3) is 5.91 Å². The molecule has 1 atom stereocenters. The predicted molar refractivity (Wildman–Crippen MR) is 98.4 cm³/mol. The molecule has 0 aromatic heterocycles. The third kappa shape index (κ3) is 4.15. The molecule has 1 fully saturated rings. The van der Waals surface area contributed by atoms with Crippen molar-refractivity contribution in [2.75, 3.05) is 32.1 Å². The molecule has 0 spiro atoms. The predicted octanol–water partition coefficient (Wildman–Crippen LogP) is 2.76. The van der Waals surface area contributed by atoms with Crippen LogP contribution in [0.1, 0.15) is 22.3 Å². The zero-order valence-electron chi connectivity index (χ0n) is 14.4. The van der Waals surface area contributed by atoms with E-state index in [9.17, 15) is 4.79 Å². The number of anilines is 1. The summed E-state index contributed by atoms with van der Waals surface area (Å²) in [4.78, 5) is 16.8. The number of rotatable bonds is 5. The summed E-state index contributed by atoms with van der Waals surface area (Å²) in [5.41, 5.74) is 3.15. The fraction of sp³-hybridized carbons (Fsp3) is 0.350. The van der Waals surface area contributed by atoms with Gasteiger partial charge in [0.15, 0.2) is 0 Å². The number of hydrogen-bond acceptors (Lipinski definition) is 3. The molecule has 4 nitrogen and oxygen atoms in total. The Morgan fingerprint density at radius 1 is 1.12 bits per heavy atom. The van der Waals surface area contributed by atoms with Gasteiger partial charge in [-0.05, 0) is 36.2 Å². The molecule has 3 rings (SSSR count). The number of nitrogens with zero attached hydrogens (tertiary/aromatic N) is 2. The molecule has 1 heterocycles. The Labute approximate surface area is 144 Å². The second kappa shape index (κ2) is 7.49. The topological polar surface area (TPSA) is 35.6 Å². The number of benzene rings is 2. The molecule has 1 unspecified atom stereocenters. The Bertz CT molecular complexity index is 667. The van der Waals surface area contributed by atoms with E-state index in [1.54, 1.807) is 0 Å². The van der Waals surface area contributed by atoms with Gasteiger partial charge in [-0.15, -0.1) is 0 Å². The van der Waals surface area contributed by atoms with E-state index in [0.717, 1.165) is 37.3 Å². The summed E-state index contributed by atoms with van der Waals surface area (Å²) in [5, 5.41) is 3.17. The van der Waals surface area contributed by atoms with Gasteiger partial charge in [0.1, 0.15) is 0 Å². The zero-order valence-corrected chi connectivity index (χ0v) is 14.4. The number of hydrogen-bond donors (Lipinski definition) is 1. The molecule has 1 aliphatic rings. The summed E-state index contributed by atoms with van der Waals surface area (Å²) in [6, 6.07) is 18.5. The summed E-state index contributed by atoms with van der Waals surface area (Å²) in [6.07, 6.45) is 1.01. The highest BCUT2D eigenvalue weighted by Gasteiger charge is 2.24. The van der Waals surface area contributed by atoms with E-state index in [0.29, 0.717) is 0 Å². The zero-order chi connectivity index (χ0) is 16.9. The first-order valence-corrected chi connectivity index (χ1v) is 8.46. The number of nitrogens with one attached hydrogen (secondary N) is 1. The highest BCUT2D eigenvalue weighted by molar-refractivity contribution is 5.94. The number of amides is 1. The standard InChI is InChI=1S/C20H25N3O/c1-22(2)19-10-8-17(9-11-19)20(24)21-18-12-13-23(15-18)14-16-6-4-3-5-7-16/h3-11,18H,12-15H2,1-2H3,(H,21,24). The summed E-state index contributed by atoms with van der Waals surface area (Å²) >= 11 is 0. The summed E-state index contributed by atoms with van der Waals surface area (Å²) < 4.78 is 0. The molecule has 24 heavy (non-hydrogen) atoms. The monoisotopic (exact) mass is 323 g/mol. The van der Waals surface area contributed by atoms with Crippen molar-refractivity contribution in [3.8, 4) is 0 Å². The van der Waals surface area contributed by atoms with Crippen molar-refractivity contribution < 1.29 is 4.79 Å². The van der Waals surface area contributed by atoms with Crippen molar-refractivity contribution in [2.24, 2.45) is 0 Å². The Hall–Kier alpha value is -2.33. The fourth-order valence-electron chi connectivity index (χ4n) is 3.12. The van der Waals surface area contributed by atoms with Crippen LogP contribution in [0.15, 0.2) is 54.6 Å². The molecule has 0 aliphatic carbocycles. The second-order valence-electron chi connectivity index (χ2n) is 6.62. The molecule has 0 saturated carbocycles. The largest absolute Gasteiger partial charge is 0.378 e. The van der Waals surface area contributed by atoms with Crippen LogP contribution in [0.2, 0.25) is 0 Å². The molecule has 0 radical (unpaired) electrons. The molecule has 126 valence electrons. The third-order valence-corrected chi connectivity index (χ3v) is 4.50. The van der Waals surface area contributed by atoms with Crippen molar-refractivity contribution in [1.82, 2.24) is 10.2 Å². The van der Waals surface area contributed by atoms with Crippen LogP contribution in [0.25, 0.3) is 0 Å². The van der Waals surface area contributed by atoms with Crippen LogP contribution < -0.4 is 10.2 Å². The summed E-state index contributed by atoms with van der Waals surface area (Å²) in [5.74, 6) is 0.0202. The molecule has 0 bridgehead atoms. The van der Waals surface area contributed by atoms with Crippen molar-refractivity contribution >= 4 is 11.6 Å². The lowest BCUT2D eigenvalue weighted by molar-refractivity contribution is 0.0937. The van der Waals surface area contributed by atoms with Crippen LogP contribution in [0.5, 0.6) is 0 Å². The lowest BCUT2D eigenvalue weighted by Crippen LogP contribution is -2.37. The van der Waals surface area contributed by atoms with Crippen LogP contribution in [0.4, 0.5) is 5.69 Å². The number of likely N-dealkylation sites (tertiary alicyclic amines) is 1. The quantitative estimate of drug-likeness (QED) is 0.919. The lowest BCUT2D eigenvalue weighted by Gasteiger charge is -2.17. The molecule has 4 heteroatoms. The Balaban J connectivity index is 1.52. The van der Waals surface area contributed by atoms with Gasteiger partial charge in [-0.2, -0.15) is 0 Å². The van der Waals surface area contributed by atoms with Crippen LogP contribution in [0, 0.1) is 0 Å². The minimum absolute atomic E-state index is 0.0202. The van der Waals surface area contributed by atoms with Crippen molar-refractivity contribution in [3.63, 3.8) is 0 Å². The molecular formula is C20H25N3O. The van der Waals surface area contributed by atoms with Crippen LogP contribution >= 0.6 is 0 Å². The van der Waals surface area contributed by atoms with Crippen LogP contribution in [-0.2, 0) is 6.54 Å². The SMILES string of the molecule is CN(C)c1ccc(C(=O)NC2CCN(Cc3ccccc3)C2)cc1. The maximum atomic E-state index is 12.4. The van der Waals surface area contributed by atoms with Crippen LogP contribution in [0.3, 0.4) is 0 Å². The summed E-state index contributed by atoms with van der Waals surface area (Å²) in [6.45, 7) is 2.89. The van der Waals surface area contributed by atoms with Crippen molar-refractivity contribution in [2.45, 2.75) is 19.0 Å². The average Bonchev–Trinajstić information content (AvgIpc) is 3.02. The lowest BCUT2D eigenvalue weighted by atomic mass is 10.1. The molecule has 1 N–H and O–H groups in total. The van der Waals surface area contributed by atoms with Crippen molar-refractivity contribution in [1.29, 1.82) is 0 Å². The van der Waals surface area contributed by atoms with Gasteiger partial charge in [-0.3, -0.25) is 9.69 Å². The Morgan fingerprint density at radius 2 is 1.83 bits per heavy atom. The first kappa shape index (κ1) is 16.5. The molecule has 1 saturated heterocycles. The van der Waals surface area contributed by atoms with E-state index in [1.807, 2.05) is 49.3 Å². The molecular weight excluding hydrogens is 298 g/mol. The van der Waals surface area contributed by atoms with Crippen molar-refractivity contribution in [3.05, 3.63) is 65.7 Å². The minimum atomic E-state index is 0.0202. The van der Waals surface area contributed by atoms with E-state index in [4.69, 9.17) is 0 Å². The third-order valence-electron chi connectivity index (χ3n) is 4.50. The van der Waals surface area contributed by atoms with E-state index in [2.05, 4.69) is 34.5 Å². The first-order chi connectivity index (χ1) is 11.6. The summed E-state index contributed by atoms with van der Waals surface area (Å²) in [7, 11) is 3.99. The van der Waals surface area contributed by atoms with Gasteiger partial charge in [-0.25, -0.2) is 0 Å². The maximum absolute atomic E-state index is 12.4. The van der Waals surface area contributed by atoms with E-state index < -0.39 is 0 Å². The Kier molecular flexibility index (Phi) is 5.16. The second-order valence-corrected chi connectivity index (χ2v) is 6.62. The van der Waals surface area contributed by atoms with Gasteiger partial charge in [0, 0.05) is 51.0 Å². The minimum Gasteiger partial charge on any atom is -0.378 e. The van der Waals surface area contributed by atoms with Gasteiger partial charge in [0.2, 0.25) is 0 Å². The van der Waals surface area contributed by atoms with Gasteiger partial charge in [0.05, 0.1) is 0 Å². The van der Waals surface area contributed by atoms with Gasteiger partial charge >= 0.3 is 0 Å².